The van der Waals surface area contributed by atoms with E-state index in [4.69, 9.17) is 10.6 Å². The molecule has 96 valence electrons. The summed E-state index contributed by atoms with van der Waals surface area (Å²) in [5, 5.41) is 2.04. The molecule has 3 N–H and O–H groups in total. The monoisotopic (exact) mass is 266 g/mol. The predicted molar refractivity (Wildman–Crippen MR) is 71.2 cm³/mol. The number of nitrogens with one attached hydrogen (secondary N) is 1. The van der Waals surface area contributed by atoms with Gasteiger partial charge in [-0.3, -0.25) is 5.84 Å². The van der Waals surface area contributed by atoms with E-state index in [-0.39, 0.29) is 17.6 Å². The van der Waals surface area contributed by atoms with Crippen LogP contribution >= 0.6 is 11.3 Å². The van der Waals surface area contributed by atoms with Crippen LogP contribution in [0.3, 0.4) is 0 Å². The van der Waals surface area contributed by atoms with E-state index < -0.39 is 0 Å². The van der Waals surface area contributed by atoms with E-state index in [1.54, 1.807) is 23.5 Å². The molecule has 5 heteroatoms. The number of ether oxygens (including phenoxy) is 1. The molecule has 1 heterocycles. The molecule has 0 spiro atoms. The summed E-state index contributed by atoms with van der Waals surface area (Å²) in [7, 11) is 1.45. The smallest absolute Gasteiger partial charge is 0.165 e. The van der Waals surface area contributed by atoms with E-state index >= 15 is 0 Å². The highest BCUT2D eigenvalue weighted by atomic mass is 32.1. The Bertz CT molecular complexity index is 542. The van der Waals surface area contributed by atoms with Crippen LogP contribution in [0.15, 0.2) is 29.6 Å². The van der Waals surface area contributed by atoms with Gasteiger partial charge in [-0.05, 0) is 41.6 Å². The fourth-order valence-electron chi connectivity index (χ4n) is 1.86. The molecule has 2 aromatic rings. The molecule has 1 aromatic carbocycles. The number of rotatable bonds is 4. The molecule has 0 aliphatic rings. The Morgan fingerprint density at radius 2 is 2.11 bits per heavy atom. The minimum Gasteiger partial charge on any atom is -0.494 e. The van der Waals surface area contributed by atoms with Crippen molar-refractivity contribution in [1.82, 2.24) is 5.43 Å². The molecule has 1 unspecified atom stereocenters. The van der Waals surface area contributed by atoms with E-state index in [1.807, 2.05) is 12.3 Å². The molecule has 1 atom stereocenters. The lowest BCUT2D eigenvalue weighted by molar-refractivity contribution is 0.385. The van der Waals surface area contributed by atoms with Gasteiger partial charge in [0.1, 0.15) is 0 Å². The summed E-state index contributed by atoms with van der Waals surface area (Å²) in [6.45, 7) is 2.03. The van der Waals surface area contributed by atoms with E-state index in [2.05, 4.69) is 11.5 Å². The summed E-state index contributed by atoms with van der Waals surface area (Å²) < 4.78 is 18.3. The SMILES string of the molecule is COc1cc(C(NN)c2csc(C)c2)ccc1F. The topological polar surface area (TPSA) is 47.3 Å². The summed E-state index contributed by atoms with van der Waals surface area (Å²) in [6, 6.07) is 6.65. The van der Waals surface area contributed by atoms with Crippen molar-refractivity contribution in [3.63, 3.8) is 0 Å². The minimum atomic E-state index is -0.376. The average Bonchev–Trinajstić information content (AvgIpc) is 2.79. The van der Waals surface area contributed by atoms with Gasteiger partial charge in [0.25, 0.3) is 0 Å². The summed E-state index contributed by atoms with van der Waals surface area (Å²) in [4.78, 5) is 1.21. The van der Waals surface area contributed by atoms with E-state index in [1.165, 1.54) is 18.1 Å². The molecule has 0 aliphatic carbocycles. The molecule has 0 fully saturated rings. The van der Waals surface area contributed by atoms with Gasteiger partial charge in [-0.1, -0.05) is 6.07 Å². The first kappa shape index (κ1) is 13.0. The maximum Gasteiger partial charge on any atom is 0.165 e. The maximum atomic E-state index is 13.4. The highest BCUT2D eigenvalue weighted by molar-refractivity contribution is 7.10. The third-order valence-corrected chi connectivity index (χ3v) is 3.64. The van der Waals surface area contributed by atoms with Crippen LogP contribution in [0, 0.1) is 12.7 Å². The van der Waals surface area contributed by atoms with Crippen LogP contribution in [0.2, 0.25) is 0 Å². The zero-order valence-electron chi connectivity index (χ0n) is 10.2. The number of thiophene rings is 1. The highest BCUT2D eigenvalue weighted by Gasteiger charge is 2.15. The second kappa shape index (κ2) is 5.48. The quantitative estimate of drug-likeness (QED) is 0.661. The molecule has 0 saturated carbocycles. The molecule has 1 aromatic heterocycles. The number of hydrazine groups is 1. The van der Waals surface area contributed by atoms with E-state index in [0.717, 1.165) is 11.1 Å². The van der Waals surface area contributed by atoms with Gasteiger partial charge in [-0.15, -0.1) is 11.3 Å². The van der Waals surface area contributed by atoms with Crippen molar-refractivity contribution in [1.29, 1.82) is 0 Å². The lowest BCUT2D eigenvalue weighted by atomic mass is 10.0. The Kier molecular flexibility index (Phi) is 3.96. The van der Waals surface area contributed by atoms with Crippen molar-refractivity contribution in [3.05, 3.63) is 51.5 Å². The van der Waals surface area contributed by atoms with Gasteiger partial charge in [-0.2, -0.15) is 0 Å². The number of halogens is 1. The first-order valence-corrected chi connectivity index (χ1v) is 6.38. The van der Waals surface area contributed by atoms with Crippen LogP contribution in [0.4, 0.5) is 4.39 Å². The molecule has 3 nitrogen and oxygen atoms in total. The van der Waals surface area contributed by atoms with Crippen molar-refractivity contribution < 1.29 is 9.13 Å². The van der Waals surface area contributed by atoms with Crippen LogP contribution in [0.5, 0.6) is 5.75 Å². The third-order valence-electron chi connectivity index (χ3n) is 2.76. The minimum absolute atomic E-state index is 0.163. The molecular weight excluding hydrogens is 251 g/mol. The highest BCUT2D eigenvalue weighted by Crippen LogP contribution is 2.29. The first-order chi connectivity index (χ1) is 8.65. The second-order valence-corrected chi connectivity index (χ2v) is 5.10. The Hall–Kier alpha value is -1.43. The molecule has 18 heavy (non-hydrogen) atoms. The predicted octanol–water partition coefficient (Wildman–Crippen LogP) is 2.76. The normalized spacial score (nSPS) is 12.4. The molecular formula is C13H15FN2OS. The standard InChI is InChI=1S/C13H15FN2OS/c1-8-5-10(7-18-8)13(16-15)9-3-4-11(14)12(6-9)17-2/h3-7,13,16H,15H2,1-2H3. The van der Waals surface area contributed by atoms with E-state index in [9.17, 15) is 4.39 Å². The van der Waals surface area contributed by atoms with Gasteiger partial charge in [-0.25, -0.2) is 9.82 Å². The molecule has 0 bridgehead atoms. The van der Waals surface area contributed by atoms with Crippen molar-refractivity contribution in [2.45, 2.75) is 13.0 Å². The number of hydrogen-bond acceptors (Lipinski definition) is 4. The number of aryl methyl sites for hydroxylation is 1. The fraction of sp³-hybridized carbons (Fsp3) is 0.231. The van der Waals surface area contributed by atoms with Crippen molar-refractivity contribution in [2.24, 2.45) is 5.84 Å². The lowest BCUT2D eigenvalue weighted by Gasteiger charge is -2.16. The largest absolute Gasteiger partial charge is 0.494 e. The maximum absolute atomic E-state index is 13.4. The number of hydrogen-bond donors (Lipinski definition) is 2. The summed E-state index contributed by atoms with van der Waals surface area (Å²) in [6.07, 6.45) is 0. The van der Waals surface area contributed by atoms with Crippen molar-refractivity contribution >= 4 is 11.3 Å². The molecule has 2 rings (SSSR count). The van der Waals surface area contributed by atoms with Crippen LogP contribution < -0.4 is 16.0 Å². The summed E-state index contributed by atoms with van der Waals surface area (Å²) >= 11 is 1.65. The van der Waals surface area contributed by atoms with Crippen LogP contribution in [0.1, 0.15) is 22.0 Å². The van der Waals surface area contributed by atoms with Crippen LogP contribution in [0.25, 0.3) is 0 Å². The Morgan fingerprint density at radius 3 is 2.67 bits per heavy atom. The molecule has 0 saturated heterocycles. The number of methoxy groups -OCH3 is 1. The van der Waals surface area contributed by atoms with Gasteiger partial charge in [0.2, 0.25) is 0 Å². The first-order valence-electron chi connectivity index (χ1n) is 5.50. The summed E-state index contributed by atoms with van der Waals surface area (Å²) in [5.41, 5.74) is 4.68. The molecule has 0 radical (unpaired) electrons. The Morgan fingerprint density at radius 1 is 1.33 bits per heavy atom. The Balaban J connectivity index is 2.38. The second-order valence-electron chi connectivity index (χ2n) is 3.98. The third kappa shape index (κ3) is 2.53. The Labute approximate surface area is 109 Å². The van der Waals surface area contributed by atoms with Gasteiger partial charge < -0.3 is 4.74 Å². The van der Waals surface area contributed by atoms with Gasteiger partial charge in [0.05, 0.1) is 13.2 Å². The number of benzene rings is 1. The van der Waals surface area contributed by atoms with Crippen LogP contribution in [-0.2, 0) is 0 Å². The molecule has 0 aliphatic heterocycles. The number of nitrogens with two attached hydrogens (primary N) is 1. The molecule has 0 amide bonds. The average molecular weight is 266 g/mol. The zero-order valence-corrected chi connectivity index (χ0v) is 11.1. The van der Waals surface area contributed by atoms with Gasteiger partial charge >= 0.3 is 0 Å². The van der Waals surface area contributed by atoms with Crippen LogP contribution in [-0.4, -0.2) is 7.11 Å². The lowest BCUT2D eigenvalue weighted by Crippen LogP contribution is -2.28. The van der Waals surface area contributed by atoms with E-state index in [0.29, 0.717) is 0 Å². The van der Waals surface area contributed by atoms with Crippen molar-refractivity contribution in [3.8, 4) is 5.75 Å². The fourth-order valence-corrected chi connectivity index (χ4v) is 2.59. The summed E-state index contributed by atoms with van der Waals surface area (Å²) in [5.74, 6) is 5.44. The van der Waals surface area contributed by atoms with Gasteiger partial charge in [0, 0.05) is 4.88 Å². The van der Waals surface area contributed by atoms with Gasteiger partial charge in [0.15, 0.2) is 11.6 Å². The van der Waals surface area contributed by atoms with Crippen molar-refractivity contribution in [2.75, 3.05) is 7.11 Å². The zero-order chi connectivity index (χ0) is 13.1.